The monoisotopic (exact) mass is 331 g/mol. The van der Waals surface area contributed by atoms with Gasteiger partial charge in [-0.15, -0.1) is 0 Å². The number of benzene rings is 3. The number of hydrogen-bond donors (Lipinski definition) is 1. The Kier molecular flexibility index (Phi) is 4.02. The van der Waals surface area contributed by atoms with E-state index in [1.807, 2.05) is 51.6 Å². The lowest BCUT2D eigenvalue weighted by atomic mass is 10.1. The predicted octanol–water partition coefficient (Wildman–Crippen LogP) is 4.52. The van der Waals surface area contributed by atoms with E-state index in [2.05, 4.69) is 31.2 Å². The lowest BCUT2D eigenvalue weighted by Gasteiger charge is -2.09. The molecule has 0 bridgehead atoms. The summed E-state index contributed by atoms with van der Waals surface area (Å²) in [5.41, 5.74) is 2.59. The number of imidazole rings is 1. The fraction of sp³-hybridized carbons (Fsp3) is 0.190. The third kappa shape index (κ3) is 2.80. The SMILES string of the molecule is CCCn1c(=N)n(COc2ccc3ccccc3c2)c2ccccc21. The Bertz CT molecular complexity index is 1090. The van der Waals surface area contributed by atoms with E-state index in [0.29, 0.717) is 12.3 Å². The molecular formula is C21H21N3O. The molecule has 4 heteroatoms. The zero-order valence-electron chi connectivity index (χ0n) is 14.3. The van der Waals surface area contributed by atoms with E-state index >= 15 is 0 Å². The van der Waals surface area contributed by atoms with Gasteiger partial charge in [-0.2, -0.15) is 0 Å². The number of ether oxygens (including phenoxy) is 1. The summed E-state index contributed by atoms with van der Waals surface area (Å²) in [5.74, 6) is 0.818. The number of aryl methyl sites for hydroxylation is 1. The van der Waals surface area contributed by atoms with Crippen LogP contribution in [0.2, 0.25) is 0 Å². The maximum absolute atomic E-state index is 8.52. The van der Waals surface area contributed by atoms with Crippen LogP contribution >= 0.6 is 0 Å². The highest BCUT2D eigenvalue weighted by atomic mass is 16.5. The van der Waals surface area contributed by atoms with Crippen molar-refractivity contribution in [1.82, 2.24) is 9.13 Å². The van der Waals surface area contributed by atoms with E-state index in [-0.39, 0.29) is 0 Å². The maximum atomic E-state index is 8.52. The smallest absolute Gasteiger partial charge is 0.205 e. The summed E-state index contributed by atoms with van der Waals surface area (Å²) >= 11 is 0. The molecule has 1 aromatic heterocycles. The lowest BCUT2D eigenvalue weighted by Crippen LogP contribution is -2.26. The van der Waals surface area contributed by atoms with E-state index < -0.39 is 0 Å². The van der Waals surface area contributed by atoms with Crippen LogP contribution in [0.1, 0.15) is 13.3 Å². The molecule has 0 atom stereocenters. The van der Waals surface area contributed by atoms with Crippen molar-refractivity contribution < 1.29 is 4.74 Å². The van der Waals surface area contributed by atoms with Crippen LogP contribution in [0.4, 0.5) is 0 Å². The average molecular weight is 331 g/mol. The largest absolute Gasteiger partial charge is 0.473 e. The Balaban J connectivity index is 1.68. The van der Waals surface area contributed by atoms with Gasteiger partial charge >= 0.3 is 0 Å². The van der Waals surface area contributed by atoms with E-state index in [1.54, 1.807) is 0 Å². The van der Waals surface area contributed by atoms with Crippen LogP contribution in [0.5, 0.6) is 5.75 Å². The summed E-state index contributed by atoms with van der Waals surface area (Å²) in [5, 5.41) is 10.9. The Morgan fingerprint density at radius 3 is 2.28 bits per heavy atom. The van der Waals surface area contributed by atoms with Gasteiger partial charge in [-0.05, 0) is 41.5 Å². The molecule has 0 aliphatic heterocycles. The van der Waals surface area contributed by atoms with E-state index in [0.717, 1.165) is 35.1 Å². The van der Waals surface area contributed by atoms with Gasteiger partial charge < -0.3 is 9.30 Å². The van der Waals surface area contributed by atoms with Gasteiger partial charge in [0.15, 0.2) is 6.73 Å². The first-order chi connectivity index (χ1) is 12.3. The molecule has 3 aromatic carbocycles. The third-order valence-electron chi connectivity index (χ3n) is 4.50. The Morgan fingerprint density at radius 1 is 0.840 bits per heavy atom. The van der Waals surface area contributed by atoms with Gasteiger partial charge in [0.25, 0.3) is 0 Å². The average Bonchev–Trinajstić information content (AvgIpc) is 2.92. The minimum atomic E-state index is 0.328. The highest BCUT2D eigenvalue weighted by molar-refractivity contribution is 5.83. The molecule has 1 heterocycles. The Morgan fingerprint density at radius 2 is 1.52 bits per heavy atom. The first kappa shape index (κ1) is 15.5. The van der Waals surface area contributed by atoms with E-state index in [4.69, 9.17) is 10.1 Å². The van der Waals surface area contributed by atoms with Crippen LogP contribution in [0.25, 0.3) is 21.8 Å². The van der Waals surface area contributed by atoms with Crippen LogP contribution in [0, 0.1) is 5.41 Å². The molecule has 0 aliphatic carbocycles. The van der Waals surface area contributed by atoms with E-state index in [9.17, 15) is 0 Å². The van der Waals surface area contributed by atoms with Gasteiger partial charge in [0.05, 0.1) is 11.0 Å². The number of nitrogens with zero attached hydrogens (tertiary/aromatic N) is 2. The van der Waals surface area contributed by atoms with Crippen molar-refractivity contribution in [3.05, 3.63) is 72.3 Å². The van der Waals surface area contributed by atoms with Crippen LogP contribution in [0.15, 0.2) is 66.7 Å². The normalized spacial score (nSPS) is 11.2. The molecule has 4 aromatic rings. The number of fused-ring (bicyclic) bond motifs is 2. The fourth-order valence-corrected chi connectivity index (χ4v) is 3.27. The molecule has 4 rings (SSSR count). The minimum Gasteiger partial charge on any atom is -0.473 e. The third-order valence-corrected chi connectivity index (χ3v) is 4.50. The molecule has 0 fully saturated rings. The zero-order valence-corrected chi connectivity index (χ0v) is 14.3. The number of rotatable bonds is 5. The fourth-order valence-electron chi connectivity index (χ4n) is 3.27. The van der Waals surface area contributed by atoms with Crippen LogP contribution in [-0.4, -0.2) is 9.13 Å². The van der Waals surface area contributed by atoms with Crippen LogP contribution in [0.3, 0.4) is 0 Å². The van der Waals surface area contributed by atoms with Crippen LogP contribution in [-0.2, 0) is 13.3 Å². The lowest BCUT2D eigenvalue weighted by molar-refractivity contribution is 0.233. The molecule has 4 nitrogen and oxygen atoms in total. The number of hydrogen-bond acceptors (Lipinski definition) is 2. The van der Waals surface area contributed by atoms with Crippen molar-refractivity contribution >= 4 is 21.8 Å². The minimum absolute atomic E-state index is 0.328. The van der Waals surface area contributed by atoms with Gasteiger partial charge in [0.2, 0.25) is 5.62 Å². The van der Waals surface area contributed by atoms with E-state index in [1.165, 1.54) is 5.39 Å². The molecule has 0 amide bonds. The molecule has 126 valence electrons. The maximum Gasteiger partial charge on any atom is 0.205 e. The molecule has 0 unspecified atom stereocenters. The highest BCUT2D eigenvalue weighted by Crippen LogP contribution is 2.21. The Hall–Kier alpha value is -3.01. The van der Waals surface area contributed by atoms with Crippen molar-refractivity contribution in [3.63, 3.8) is 0 Å². The van der Waals surface area contributed by atoms with Gasteiger partial charge in [-0.25, -0.2) is 0 Å². The summed E-state index contributed by atoms with van der Waals surface area (Å²) in [6, 6.07) is 22.5. The van der Waals surface area contributed by atoms with Crippen LogP contribution < -0.4 is 10.4 Å². The van der Waals surface area contributed by atoms with Gasteiger partial charge in [-0.3, -0.25) is 9.98 Å². The van der Waals surface area contributed by atoms with Crippen molar-refractivity contribution in [1.29, 1.82) is 5.41 Å². The van der Waals surface area contributed by atoms with Crippen molar-refractivity contribution in [2.75, 3.05) is 0 Å². The summed E-state index contributed by atoms with van der Waals surface area (Å²) < 4.78 is 9.97. The first-order valence-electron chi connectivity index (χ1n) is 8.62. The van der Waals surface area contributed by atoms with Gasteiger partial charge in [0, 0.05) is 6.54 Å². The Labute approximate surface area is 146 Å². The molecule has 0 aliphatic rings. The van der Waals surface area contributed by atoms with Gasteiger partial charge in [0.1, 0.15) is 5.75 Å². The standard InChI is InChI=1S/C21H21N3O/c1-2-13-23-19-9-5-6-10-20(19)24(21(23)22)15-25-18-12-11-16-7-3-4-8-17(16)14-18/h3-12,14,22H,2,13,15H2,1H3. The molecule has 0 radical (unpaired) electrons. The second-order valence-electron chi connectivity index (χ2n) is 6.17. The van der Waals surface area contributed by atoms with Crippen molar-refractivity contribution in [2.24, 2.45) is 0 Å². The molecule has 25 heavy (non-hydrogen) atoms. The molecule has 0 saturated heterocycles. The molecule has 0 saturated carbocycles. The summed E-state index contributed by atoms with van der Waals surface area (Å²) in [7, 11) is 0. The summed E-state index contributed by atoms with van der Waals surface area (Å²) in [6.07, 6.45) is 0.996. The summed E-state index contributed by atoms with van der Waals surface area (Å²) in [6.45, 7) is 3.29. The second-order valence-corrected chi connectivity index (χ2v) is 6.17. The first-order valence-corrected chi connectivity index (χ1v) is 8.62. The zero-order chi connectivity index (χ0) is 17.2. The molecule has 0 spiro atoms. The summed E-state index contributed by atoms with van der Waals surface area (Å²) in [4.78, 5) is 0. The number of nitrogens with one attached hydrogen (secondary N) is 1. The number of aromatic nitrogens is 2. The van der Waals surface area contributed by atoms with Crippen molar-refractivity contribution in [3.8, 4) is 5.75 Å². The molecule has 1 N–H and O–H groups in total. The number of para-hydroxylation sites is 2. The topological polar surface area (TPSA) is 42.9 Å². The quantitative estimate of drug-likeness (QED) is 0.574. The second kappa shape index (κ2) is 6.48. The predicted molar refractivity (Wildman–Crippen MR) is 101 cm³/mol. The highest BCUT2D eigenvalue weighted by Gasteiger charge is 2.10. The molecular weight excluding hydrogens is 310 g/mol. The van der Waals surface area contributed by atoms with Gasteiger partial charge in [-0.1, -0.05) is 49.4 Å². The van der Waals surface area contributed by atoms with Crippen molar-refractivity contribution in [2.45, 2.75) is 26.6 Å².